The number of rotatable bonds is 4. The fraction of sp³-hybridized carbons (Fsp3) is 0.737. The van der Waals surface area contributed by atoms with Gasteiger partial charge in [-0.2, -0.15) is 0 Å². The van der Waals surface area contributed by atoms with Crippen molar-refractivity contribution in [2.24, 2.45) is 0 Å². The average Bonchev–Trinajstić information content (AvgIpc) is 2.92. The Morgan fingerprint density at radius 2 is 1.72 bits per heavy atom. The van der Waals surface area contributed by atoms with Crippen molar-refractivity contribution in [2.45, 2.75) is 45.4 Å². The smallest absolute Gasteiger partial charge is 0.236 e. The van der Waals surface area contributed by atoms with Crippen LogP contribution in [0.3, 0.4) is 0 Å². The first-order valence-corrected chi connectivity index (χ1v) is 9.71. The van der Waals surface area contributed by atoms with Crippen LogP contribution >= 0.6 is 0 Å². The van der Waals surface area contributed by atoms with Crippen molar-refractivity contribution in [1.29, 1.82) is 0 Å². The number of carbonyl (C=O) groups excluding carboxylic acids is 1. The Labute approximate surface area is 151 Å². The lowest BCUT2D eigenvalue weighted by molar-refractivity contribution is -0.132. The van der Waals surface area contributed by atoms with Crippen molar-refractivity contribution < 1.29 is 4.79 Å². The number of aromatic nitrogens is 2. The molecule has 0 N–H and O–H groups in total. The lowest BCUT2D eigenvalue weighted by Gasteiger charge is -2.36. The van der Waals surface area contributed by atoms with Gasteiger partial charge in [-0.3, -0.25) is 9.69 Å². The van der Waals surface area contributed by atoms with Gasteiger partial charge in [0.15, 0.2) is 0 Å². The van der Waals surface area contributed by atoms with Gasteiger partial charge in [0.2, 0.25) is 5.91 Å². The summed E-state index contributed by atoms with van der Waals surface area (Å²) in [5.74, 6) is 2.56. The SMILES string of the molecule is CC(C)c1nccc(N2CCN(CC(=O)N3CCCCCC3)CC2)n1. The Kier molecular flexibility index (Phi) is 6.24. The van der Waals surface area contributed by atoms with E-state index >= 15 is 0 Å². The molecule has 0 aromatic carbocycles. The van der Waals surface area contributed by atoms with E-state index in [1.54, 1.807) is 0 Å². The van der Waals surface area contributed by atoms with Crippen molar-refractivity contribution in [2.75, 3.05) is 50.7 Å². The van der Waals surface area contributed by atoms with Crippen LogP contribution in [0.5, 0.6) is 0 Å². The number of nitrogens with zero attached hydrogens (tertiary/aromatic N) is 5. The molecular formula is C19H31N5O. The van der Waals surface area contributed by atoms with E-state index in [2.05, 4.69) is 38.5 Å². The predicted octanol–water partition coefficient (Wildman–Crippen LogP) is 2.12. The molecule has 1 aromatic rings. The maximum atomic E-state index is 12.5. The first kappa shape index (κ1) is 18.1. The second-order valence-corrected chi connectivity index (χ2v) is 7.49. The number of hydrogen-bond donors (Lipinski definition) is 0. The molecule has 0 bridgehead atoms. The van der Waals surface area contributed by atoms with Gasteiger partial charge in [0.1, 0.15) is 11.6 Å². The first-order valence-electron chi connectivity index (χ1n) is 9.71. The molecule has 0 aliphatic carbocycles. The summed E-state index contributed by atoms with van der Waals surface area (Å²) in [4.78, 5) is 28.2. The van der Waals surface area contributed by atoms with E-state index in [9.17, 15) is 4.79 Å². The van der Waals surface area contributed by atoms with Crippen molar-refractivity contribution in [3.8, 4) is 0 Å². The molecule has 2 fully saturated rings. The molecule has 0 unspecified atom stereocenters. The van der Waals surface area contributed by atoms with E-state index in [1.807, 2.05) is 12.3 Å². The first-order chi connectivity index (χ1) is 12.1. The van der Waals surface area contributed by atoms with E-state index in [0.717, 1.165) is 63.8 Å². The summed E-state index contributed by atoms with van der Waals surface area (Å²) >= 11 is 0. The van der Waals surface area contributed by atoms with Crippen molar-refractivity contribution >= 4 is 11.7 Å². The van der Waals surface area contributed by atoms with Crippen LogP contribution in [0.15, 0.2) is 12.3 Å². The molecule has 6 heteroatoms. The summed E-state index contributed by atoms with van der Waals surface area (Å²) in [7, 11) is 0. The number of anilines is 1. The minimum atomic E-state index is 0.305. The molecule has 0 atom stereocenters. The van der Waals surface area contributed by atoms with E-state index in [0.29, 0.717) is 18.4 Å². The van der Waals surface area contributed by atoms with Crippen LogP contribution in [-0.2, 0) is 4.79 Å². The molecule has 0 radical (unpaired) electrons. The van der Waals surface area contributed by atoms with Crippen LogP contribution in [0.25, 0.3) is 0 Å². The van der Waals surface area contributed by atoms with Gasteiger partial charge in [0.25, 0.3) is 0 Å². The fourth-order valence-corrected chi connectivity index (χ4v) is 3.56. The maximum Gasteiger partial charge on any atom is 0.236 e. The lowest BCUT2D eigenvalue weighted by atomic mass is 10.2. The van der Waals surface area contributed by atoms with E-state index in [-0.39, 0.29) is 0 Å². The summed E-state index contributed by atoms with van der Waals surface area (Å²) in [6, 6.07) is 1.99. The summed E-state index contributed by atoms with van der Waals surface area (Å²) in [6.07, 6.45) is 6.70. The van der Waals surface area contributed by atoms with Gasteiger partial charge in [-0.25, -0.2) is 9.97 Å². The third-order valence-corrected chi connectivity index (χ3v) is 5.19. The Hall–Kier alpha value is -1.69. The monoisotopic (exact) mass is 345 g/mol. The lowest BCUT2D eigenvalue weighted by Crippen LogP contribution is -2.50. The zero-order chi connectivity index (χ0) is 17.6. The highest BCUT2D eigenvalue weighted by molar-refractivity contribution is 5.78. The minimum Gasteiger partial charge on any atom is -0.354 e. The van der Waals surface area contributed by atoms with Gasteiger partial charge in [0, 0.05) is 51.4 Å². The van der Waals surface area contributed by atoms with Crippen LogP contribution in [0, 0.1) is 0 Å². The molecule has 1 amide bonds. The van der Waals surface area contributed by atoms with Gasteiger partial charge in [-0.1, -0.05) is 26.7 Å². The largest absolute Gasteiger partial charge is 0.354 e. The molecule has 0 spiro atoms. The molecule has 2 aliphatic heterocycles. The maximum absolute atomic E-state index is 12.5. The molecular weight excluding hydrogens is 314 g/mol. The Balaban J connectivity index is 1.50. The molecule has 138 valence electrons. The topological polar surface area (TPSA) is 52.6 Å². The Bertz CT molecular complexity index is 561. The molecule has 3 heterocycles. The fourth-order valence-electron chi connectivity index (χ4n) is 3.56. The summed E-state index contributed by atoms with van der Waals surface area (Å²) in [5, 5.41) is 0. The number of likely N-dealkylation sites (tertiary alicyclic amines) is 1. The van der Waals surface area contributed by atoms with Crippen molar-refractivity contribution in [3.63, 3.8) is 0 Å². The van der Waals surface area contributed by atoms with Gasteiger partial charge in [-0.05, 0) is 18.9 Å². The molecule has 1 aromatic heterocycles. The quantitative estimate of drug-likeness (QED) is 0.837. The highest BCUT2D eigenvalue weighted by atomic mass is 16.2. The molecule has 2 aliphatic rings. The summed E-state index contributed by atoms with van der Waals surface area (Å²) in [5.41, 5.74) is 0. The summed E-state index contributed by atoms with van der Waals surface area (Å²) in [6.45, 7) is 10.4. The molecule has 0 saturated carbocycles. The van der Waals surface area contributed by atoms with Crippen molar-refractivity contribution in [1.82, 2.24) is 19.8 Å². The molecule has 2 saturated heterocycles. The second kappa shape index (κ2) is 8.61. The van der Waals surface area contributed by atoms with Gasteiger partial charge >= 0.3 is 0 Å². The van der Waals surface area contributed by atoms with E-state index < -0.39 is 0 Å². The van der Waals surface area contributed by atoms with E-state index in [4.69, 9.17) is 0 Å². The van der Waals surface area contributed by atoms with Crippen molar-refractivity contribution in [3.05, 3.63) is 18.1 Å². The van der Waals surface area contributed by atoms with E-state index in [1.165, 1.54) is 12.8 Å². The standard InChI is InChI=1S/C19H31N5O/c1-16(2)19-20-8-7-17(21-19)23-13-11-22(12-14-23)15-18(25)24-9-5-3-4-6-10-24/h7-8,16H,3-6,9-15H2,1-2H3. The van der Waals surface area contributed by atoms with Gasteiger partial charge in [-0.15, -0.1) is 0 Å². The second-order valence-electron chi connectivity index (χ2n) is 7.49. The Morgan fingerprint density at radius 1 is 1.04 bits per heavy atom. The highest BCUT2D eigenvalue weighted by Gasteiger charge is 2.23. The molecule has 3 rings (SSSR count). The summed E-state index contributed by atoms with van der Waals surface area (Å²) < 4.78 is 0. The molecule has 6 nitrogen and oxygen atoms in total. The highest BCUT2D eigenvalue weighted by Crippen LogP contribution is 2.17. The van der Waals surface area contributed by atoms with Crippen LogP contribution in [0.2, 0.25) is 0 Å². The zero-order valence-corrected chi connectivity index (χ0v) is 15.7. The average molecular weight is 345 g/mol. The Morgan fingerprint density at radius 3 is 2.36 bits per heavy atom. The van der Waals surface area contributed by atoms with Crippen LogP contribution in [0.4, 0.5) is 5.82 Å². The van der Waals surface area contributed by atoms with Gasteiger partial charge < -0.3 is 9.80 Å². The normalized spacial score (nSPS) is 20.0. The number of amides is 1. The third-order valence-electron chi connectivity index (χ3n) is 5.19. The predicted molar refractivity (Wildman–Crippen MR) is 99.8 cm³/mol. The number of hydrogen-bond acceptors (Lipinski definition) is 5. The zero-order valence-electron chi connectivity index (χ0n) is 15.7. The van der Waals surface area contributed by atoms with Crippen LogP contribution < -0.4 is 4.90 Å². The van der Waals surface area contributed by atoms with Crippen LogP contribution in [-0.4, -0.2) is 71.5 Å². The third kappa shape index (κ3) is 4.91. The van der Waals surface area contributed by atoms with Gasteiger partial charge in [0.05, 0.1) is 6.54 Å². The van der Waals surface area contributed by atoms with Crippen LogP contribution in [0.1, 0.15) is 51.3 Å². The molecule has 25 heavy (non-hydrogen) atoms. The minimum absolute atomic E-state index is 0.305. The number of carbonyl (C=O) groups is 1. The number of piperazine rings is 1.